The summed E-state index contributed by atoms with van der Waals surface area (Å²) in [4.78, 5) is 25.2. The summed E-state index contributed by atoms with van der Waals surface area (Å²) in [6.45, 7) is 10.7. The Morgan fingerprint density at radius 1 is 1.39 bits per heavy atom. The zero-order valence-electron chi connectivity index (χ0n) is 19.1. The van der Waals surface area contributed by atoms with Gasteiger partial charge in [-0.3, -0.25) is 9.79 Å². The van der Waals surface area contributed by atoms with Crippen LogP contribution in [0.4, 0.5) is 8.78 Å². The highest BCUT2D eigenvalue weighted by Gasteiger charge is 2.39. The van der Waals surface area contributed by atoms with E-state index in [1.165, 1.54) is 16.9 Å². The van der Waals surface area contributed by atoms with Gasteiger partial charge in [0.25, 0.3) is 5.91 Å². The lowest BCUT2D eigenvalue weighted by Crippen LogP contribution is -2.52. The van der Waals surface area contributed by atoms with Crippen molar-refractivity contribution in [3.8, 4) is 0 Å². The van der Waals surface area contributed by atoms with Crippen molar-refractivity contribution >= 4 is 23.8 Å². The van der Waals surface area contributed by atoms with E-state index in [4.69, 9.17) is 0 Å². The predicted molar refractivity (Wildman–Crippen MR) is 121 cm³/mol. The Morgan fingerprint density at radius 3 is 2.68 bits per heavy atom. The van der Waals surface area contributed by atoms with Gasteiger partial charge in [0.2, 0.25) is 0 Å². The minimum Gasteiger partial charge on any atom is -0.316 e. The third-order valence-electron chi connectivity index (χ3n) is 5.14. The van der Waals surface area contributed by atoms with E-state index in [0.29, 0.717) is 31.2 Å². The van der Waals surface area contributed by atoms with Crippen LogP contribution >= 0.6 is 0 Å². The molecule has 1 unspecified atom stereocenters. The van der Waals surface area contributed by atoms with Crippen molar-refractivity contribution < 1.29 is 13.6 Å². The van der Waals surface area contributed by atoms with Gasteiger partial charge in [0.15, 0.2) is 17.3 Å². The second-order valence-electron chi connectivity index (χ2n) is 8.28. The normalized spacial score (nSPS) is 18.6. The molecule has 1 fully saturated rings. The van der Waals surface area contributed by atoms with Gasteiger partial charge in [0.05, 0.1) is 11.9 Å². The van der Waals surface area contributed by atoms with E-state index in [-0.39, 0.29) is 24.5 Å². The Bertz CT molecular complexity index is 837. The number of amides is 1. The maximum absolute atomic E-state index is 15.8. The van der Waals surface area contributed by atoms with Gasteiger partial charge < -0.3 is 15.2 Å². The molecule has 7 nitrogen and oxygen atoms in total. The van der Waals surface area contributed by atoms with Gasteiger partial charge in [-0.15, -0.1) is 0 Å². The van der Waals surface area contributed by atoms with Crippen LogP contribution in [-0.4, -0.2) is 52.8 Å². The molecule has 1 aliphatic heterocycles. The van der Waals surface area contributed by atoms with Crippen molar-refractivity contribution in [2.24, 2.45) is 15.9 Å². The fourth-order valence-corrected chi connectivity index (χ4v) is 3.30. The summed E-state index contributed by atoms with van der Waals surface area (Å²) in [6.07, 6.45) is 4.71. The number of carbonyl (C=O) groups excluding carboxylic acids is 1. The number of carbonyl (C=O) groups is 1. The number of aryl methyl sites for hydroxylation is 1. The maximum atomic E-state index is 15.8. The molecule has 0 saturated carbocycles. The van der Waals surface area contributed by atoms with Crippen molar-refractivity contribution in [2.75, 3.05) is 19.6 Å². The summed E-state index contributed by atoms with van der Waals surface area (Å²) in [5.74, 6) is -0.468. The average Bonchev–Trinajstić information content (AvgIpc) is 3.12. The fraction of sp³-hybridized carbons (Fsp3) is 0.636. The maximum Gasteiger partial charge on any atom is 0.267 e. The van der Waals surface area contributed by atoms with Crippen LogP contribution in [0.3, 0.4) is 0 Å². The molecule has 2 N–H and O–H groups in total. The number of rotatable bonds is 8. The largest absolute Gasteiger partial charge is 0.316 e. The molecule has 0 radical (unpaired) electrons. The Labute approximate surface area is 183 Å². The highest BCUT2D eigenvalue weighted by molar-refractivity contribution is 6.30. The summed E-state index contributed by atoms with van der Waals surface area (Å²) >= 11 is 0. The van der Waals surface area contributed by atoms with E-state index in [1.807, 2.05) is 0 Å². The molecular weight excluding hydrogens is 402 g/mol. The molecule has 2 rings (SSSR count). The second-order valence-corrected chi connectivity index (χ2v) is 8.28. The van der Waals surface area contributed by atoms with Crippen LogP contribution in [0.5, 0.6) is 0 Å². The molecular formula is C22H34F2N6O. The van der Waals surface area contributed by atoms with Gasteiger partial charge in [0, 0.05) is 25.6 Å². The second kappa shape index (κ2) is 11.3. The monoisotopic (exact) mass is 436 g/mol. The van der Waals surface area contributed by atoms with E-state index in [2.05, 4.69) is 39.4 Å². The molecule has 0 aliphatic carbocycles. The topological polar surface area (TPSA) is 83.7 Å². The number of amidine groups is 1. The first-order valence-corrected chi connectivity index (χ1v) is 10.8. The van der Waals surface area contributed by atoms with Crippen LogP contribution < -0.4 is 10.6 Å². The number of alkyl halides is 1. The number of hydrogen-bond donors (Lipinski definition) is 2. The number of aromatic nitrogens is 2. The van der Waals surface area contributed by atoms with Gasteiger partial charge in [-0.05, 0) is 52.3 Å². The standard InChI is InChI=1S/C22H34F2N6O/c1-6-18(23)20-27-16(4)14-30(20)17(5)28-21(22(24)8-11-25-12-9-22)29-19(31)13-26-10-7-15(2)3/h6,13-15,17,25H,7-12H2,1-5H3,(H,28,29,31)/b18-6+,26-13?. The Kier molecular flexibility index (Phi) is 9.03. The molecule has 31 heavy (non-hydrogen) atoms. The quantitative estimate of drug-likeness (QED) is 0.481. The first-order chi connectivity index (χ1) is 14.7. The number of piperidine rings is 1. The molecule has 172 valence electrons. The fourth-order valence-electron chi connectivity index (χ4n) is 3.30. The molecule has 1 aromatic rings. The zero-order valence-corrected chi connectivity index (χ0v) is 19.1. The van der Waals surface area contributed by atoms with Crippen molar-refractivity contribution in [1.82, 2.24) is 20.2 Å². The number of aliphatic imine (C=N–C) groups is 2. The molecule has 1 atom stereocenters. The molecule has 0 aromatic carbocycles. The SMILES string of the molecule is C/C=C(/F)c1nc(C)cn1C(C)N=C(NC(=O)C=NCCC(C)C)C1(F)CCNCC1. The van der Waals surface area contributed by atoms with Gasteiger partial charge >= 0.3 is 0 Å². The highest BCUT2D eigenvalue weighted by Crippen LogP contribution is 2.27. The minimum absolute atomic E-state index is 0.0556. The summed E-state index contributed by atoms with van der Waals surface area (Å²) in [5, 5.41) is 5.72. The van der Waals surface area contributed by atoms with E-state index in [0.717, 1.165) is 6.42 Å². The lowest BCUT2D eigenvalue weighted by Gasteiger charge is -2.32. The lowest BCUT2D eigenvalue weighted by atomic mass is 9.92. The van der Waals surface area contributed by atoms with Crippen LogP contribution in [0.2, 0.25) is 0 Å². The molecule has 0 bridgehead atoms. The predicted octanol–water partition coefficient (Wildman–Crippen LogP) is 3.76. The molecule has 1 amide bonds. The van der Waals surface area contributed by atoms with Crippen molar-refractivity contribution in [3.05, 3.63) is 23.8 Å². The van der Waals surface area contributed by atoms with Crippen LogP contribution in [0.1, 0.15) is 64.6 Å². The number of allylic oxidation sites excluding steroid dienone is 1. The van der Waals surface area contributed by atoms with Crippen molar-refractivity contribution in [3.63, 3.8) is 0 Å². The number of nitrogens with zero attached hydrogens (tertiary/aromatic N) is 4. The minimum atomic E-state index is -1.78. The summed E-state index contributed by atoms with van der Waals surface area (Å²) in [5.41, 5.74) is -1.16. The van der Waals surface area contributed by atoms with Crippen LogP contribution in [0.25, 0.3) is 5.83 Å². The first-order valence-electron chi connectivity index (χ1n) is 10.8. The molecule has 1 aliphatic rings. The van der Waals surface area contributed by atoms with Crippen LogP contribution in [0.15, 0.2) is 22.3 Å². The van der Waals surface area contributed by atoms with E-state index in [1.54, 1.807) is 27.0 Å². The molecule has 1 saturated heterocycles. The van der Waals surface area contributed by atoms with Crippen molar-refractivity contribution in [1.29, 1.82) is 0 Å². The number of nitrogens with one attached hydrogen (secondary N) is 2. The third-order valence-corrected chi connectivity index (χ3v) is 5.14. The number of imidazole rings is 1. The van der Waals surface area contributed by atoms with Gasteiger partial charge in [-0.1, -0.05) is 13.8 Å². The Hall–Kier alpha value is -2.42. The number of hydrogen-bond acceptors (Lipinski definition) is 5. The van der Waals surface area contributed by atoms with Crippen molar-refractivity contribution in [2.45, 2.75) is 65.7 Å². The smallest absolute Gasteiger partial charge is 0.267 e. The first kappa shape index (κ1) is 24.8. The molecule has 9 heteroatoms. The average molecular weight is 437 g/mol. The highest BCUT2D eigenvalue weighted by atomic mass is 19.1. The van der Waals surface area contributed by atoms with E-state index < -0.39 is 23.6 Å². The van der Waals surface area contributed by atoms with Crippen LogP contribution in [-0.2, 0) is 4.79 Å². The van der Waals surface area contributed by atoms with Gasteiger partial charge in [0.1, 0.15) is 12.0 Å². The Morgan fingerprint density at radius 2 is 2.06 bits per heavy atom. The zero-order chi connectivity index (χ0) is 23.0. The van der Waals surface area contributed by atoms with Gasteiger partial charge in [-0.25, -0.2) is 18.8 Å². The van der Waals surface area contributed by atoms with Gasteiger partial charge in [-0.2, -0.15) is 0 Å². The number of halogens is 2. The van der Waals surface area contributed by atoms with Crippen LogP contribution in [0, 0.1) is 12.8 Å². The summed E-state index contributed by atoms with van der Waals surface area (Å²) in [6, 6.07) is 0. The lowest BCUT2D eigenvalue weighted by molar-refractivity contribution is -0.113. The van der Waals surface area contributed by atoms with E-state index >= 15 is 4.39 Å². The molecule has 1 aromatic heterocycles. The summed E-state index contributed by atoms with van der Waals surface area (Å²) in [7, 11) is 0. The molecule has 2 heterocycles. The Balaban J connectivity index is 2.30. The van der Waals surface area contributed by atoms with E-state index in [9.17, 15) is 9.18 Å². The summed E-state index contributed by atoms with van der Waals surface area (Å²) < 4.78 is 31.6. The molecule has 0 spiro atoms. The third kappa shape index (κ3) is 7.05.